The van der Waals surface area contributed by atoms with Gasteiger partial charge in [0.2, 0.25) is 5.95 Å². The molecular weight excluding hydrogens is 418 g/mol. The summed E-state index contributed by atoms with van der Waals surface area (Å²) in [6.45, 7) is 0.765. The number of hydrogen-bond acceptors (Lipinski definition) is 6. The van der Waals surface area contributed by atoms with Crippen LogP contribution in [0.1, 0.15) is 28.8 Å². The molecule has 31 heavy (non-hydrogen) atoms. The summed E-state index contributed by atoms with van der Waals surface area (Å²) in [4.78, 5) is 23.3. The van der Waals surface area contributed by atoms with Gasteiger partial charge in [0.15, 0.2) is 0 Å². The molecule has 0 bridgehead atoms. The van der Waals surface area contributed by atoms with Crippen LogP contribution in [-0.4, -0.2) is 54.9 Å². The molecule has 0 radical (unpaired) electrons. The van der Waals surface area contributed by atoms with E-state index in [1.54, 1.807) is 4.90 Å². The van der Waals surface area contributed by atoms with Crippen molar-refractivity contribution in [3.05, 3.63) is 59.9 Å². The molecule has 0 saturated carbocycles. The molecule has 1 fully saturated rings. The second-order valence-electron chi connectivity index (χ2n) is 7.01. The van der Waals surface area contributed by atoms with Crippen molar-refractivity contribution < 1.29 is 22.4 Å². The van der Waals surface area contributed by atoms with Gasteiger partial charge in [0, 0.05) is 37.6 Å². The Hall–Kier alpha value is -3.57. The minimum absolute atomic E-state index is 0.0514. The highest BCUT2D eigenvalue weighted by Gasteiger charge is 2.32. The second-order valence-corrected chi connectivity index (χ2v) is 7.01. The summed E-state index contributed by atoms with van der Waals surface area (Å²) in [5.74, 6) is -0.802. The predicted octanol–water partition coefficient (Wildman–Crippen LogP) is 2.93. The molecular formula is C19H17F4N7O. The van der Waals surface area contributed by atoms with Crippen LogP contribution in [0.5, 0.6) is 0 Å². The molecule has 12 heteroatoms. The lowest BCUT2D eigenvalue weighted by atomic mass is 10.0. The maximum Gasteiger partial charge on any atom is 0.419 e. The van der Waals surface area contributed by atoms with Crippen LogP contribution in [0.15, 0.2) is 43.0 Å². The van der Waals surface area contributed by atoms with Crippen LogP contribution >= 0.6 is 0 Å². The van der Waals surface area contributed by atoms with Crippen molar-refractivity contribution in [1.82, 2.24) is 29.9 Å². The van der Waals surface area contributed by atoms with E-state index in [9.17, 15) is 22.4 Å². The highest BCUT2D eigenvalue weighted by Crippen LogP contribution is 2.28. The average molecular weight is 435 g/mol. The summed E-state index contributed by atoms with van der Waals surface area (Å²) in [7, 11) is 0. The number of likely N-dealkylation sites (tertiary alicyclic amines) is 1. The monoisotopic (exact) mass is 435 g/mol. The molecule has 1 amide bonds. The third-order valence-electron chi connectivity index (χ3n) is 4.85. The number of benzene rings is 1. The largest absolute Gasteiger partial charge is 0.419 e. The molecule has 2 aromatic heterocycles. The van der Waals surface area contributed by atoms with Gasteiger partial charge in [0.1, 0.15) is 11.5 Å². The molecule has 1 aliphatic rings. The van der Waals surface area contributed by atoms with Crippen molar-refractivity contribution in [1.29, 1.82) is 0 Å². The van der Waals surface area contributed by atoms with E-state index in [-0.39, 0.29) is 35.7 Å². The minimum Gasteiger partial charge on any atom is -0.350 e. The van der Waals surface area contributed by atoms with Gasteiger partial charge in [-0.15, -0.1) is 0 Å². The van der Waals surface area contributed by atoms with Crippen molar-refractivity contribution in [2.45, 2.75) is 25.1 Å². The van der Waals surface area contributed by atoms with Crippen LogP contribution < -0.4 is 5.32 Å². The lowest BCUT2D eigenvalue weighted by molar-refractivity contribution is -0.138. The molecule has 3 aromatic rings. The third kappa shape index (κ3) is 4.62. The molecule has 1 atom stereocenters. The van der Waals surface area contributed by atoms with Crippen LogP contribution in [0.3, 0.4) is 0 Å². The van der Waals surface area contributed by atoms with Gasteiger partial charge >= 0.3 is 6.18 Å². The number of hydrogen-bond donors (Lipinski definition) is 1. The maximum absolute atomic E-state index is 13.8. The Morgan fingerprint density at radius 1 is 1.13 bits per heavy atom. The number of carbonyl (C=O) groups excluding carboxylic acids is 1. The maximum atomic E-state index is 13.8. The molecule has 162 valence electrons. The Bertz CT molecular complexity index is 1050. The zero-order valence-electron chi connectivity index (χ0n) is 16.1. The fraction of sp³-hybridized carbons (Fsp3) is 0.316. The SMILES string of the molecule is O=C(c1ccc(F)cc1-n1nccn1)N1CCCC(Nc2ncc(C(F)(F)F)cn2)C1. The lowest BCUT2D eigenvalue weighted by Gasteiger charge is -2.33. The smallest absolute Gasteiger partial charge is 0.350 e. The van der Waals surface area contributed by atoms with Crippen molar-refractivity contribution >= 4 is 11.9 Å². The van der Waals surface area contributed by atoms with Crippen LogP contribution in [0.4, 0.5) is 23.5 Å². The number of nitrogens with zero attached hydrogens (tertiary/aromatic N) is 6. The Kier molecular flexibility index (Phi) is 5.53. The van der Waals surface area contributed by atoms with Gasteiger partial charge < -0.3 is 10.2 Å². The first-order valence-corrected chi connectivity index (χ1v) is 9.42. The highest BCUT2D eigenvalue weighted by molar-refractivity contribution is 5.97. The first-order chi connectivity index (χ1) is 14.8. The van der Waals surface area contributed by atoms with E-state index in [1.807, 2.05) is 0 Å². The Labute approximate surface area is 173 Å². The van der Waals surface area contributed by atoms with E-state index >= 15 is 0 Å². The predicted molar refractivity (Wildman–Crippen MR) is 101 cm³/mol. The van der Waals surface area contributed by atoms with E-state index < -0.39 is 17.6 Å². The zero-order chi connectivity index (χ0) is 22.0. The molecule has 1 aliphatic heterocycles. The highest BCUT2D eigenvalue weighted by atomic mass is 19.4. The summed E-state index contributed by atoms with van der Waals surface area (Å²) in [6.07, 6.45) is 1.11. The van der Waals surface area contributed by atoms with Gasteiger partial charge in [0.05, 0.1) is 23.5 Å². The molecule has 1 aromatic carbocycles. The van der Waals surface area contributed by atoms with Crippen molar-refractivity contribution in [3.63, 3.8) is 0 Å². The number of anilines is 1. The Morgan fingerprint density at radius 2 is 1.84 bits per heavy atom. The van der Waals surface area contributed by atoms with Crippen LogP contribution in [0.25, 0.3) is 5.69 Å². The number of piperidine rings is 1. The lowest BCUT2D eigenvalue weighted by Crippen LogP contribution is -2.45. The van der Waals surface area contributed by atoms with Crippen molar-refractivity contribution in [3.8, 4) is 5.69 Å². The molecule has 3 heterocycles. The normalized spacial score (nSPS) is 16.9. The third-order valence-corrected chi connectivity index (χ3v) is 4.85. The number of carbonyl (C=O) groups is 1. The van der Waals surface area contributed by atoms with E-state index in [2.05, 4.69) is 25.5 Å². The summed E-state index contributed by atoms with van der Waals surface area (Å²) in [5, 5.41) is 10.9. The molecule has 4 rings (SSSR count). The Morgan fingerprint density at radius 3 is 2.52 bits per heavy atom. The number of amides is 1. The van der Waals surface area contributed by atoms with Gasteiger partial charge in [-0.25, -0.2) is 14.4 Å². The van der Waals surface area contributed by atoms with Gasteiger partial charge in [-0.05, 0) is 25.0 Å². The van der Waals surface area contributed by atoms with Gasteiger partial charge in [-0.1, -0.05) is 0 Å². The van der Waals surface area contributed by atoms with E-state index in [0.717, 1.165) is 0 Å². The number of nitrogens with one attached hydrogen (secondary N) is 1. The molecule has 1 unspecified atom stereocenters. The minimum atomic E-state index is -4.51. The molecule has 0 spiro atoms. The van der Waals surface area contributed by atoms with Crippen LogP contribution in [-0.2, 0) is 6.18 Å². The summed E-state index contributed by atoms with van der Waals surface area (Å²) >= 11 is 0. The molecule has 0 aliphatic carbocycles. The standard InChI is InChI=1S/C19H17F4N7O/c20-13-3-4-15(16(8-13)30-26-5-6-27-30)17(31)29-7-1-2-14(11-29)28-18-24-9-12(10-25-18)19(21,22)23/h3-6,8-10,14H,1-2,7,11H2,(H,24,25,28). The number of halogens is 4. The number of alkyl halides is 3. The Balaban J connectivity index is 1.49. The number of rotatable bonds is 4. The molecule has 1 N–H and O–H groups in total. The van der Waals surface area contributed by atoms with Crippen LogP contribution in [0, 0.1) is 5.82 Å². The fourth-order valence-corrected chi connectivity index (χ4v) is 3.37. The van der Waals surface area contributed by atoms with Crippen molar-refractivity contribution in [2.24, 2.45) is 0 Å². The summed E-state index contributed by atoms with van der Waals surface area (Å²) in [6, 6.07) is 3.51. The van der Waals surface area contributed by atoms with E-state index in [0.29, 0.717) is 31.8 Å². The first-order valence-electron chi connectivity index (χ1n) is 9.42. The molecule has 8 nitrogen and oxygen atoms in total. The summed E-state index contributed by atoms with van der Waals surface area (Å²) < 4.78 is 51.7. The van der Waals surface area contributed by atoms with E-state index in [4.69, 9.17) is 0 Å². The summed E-state index contributed by atoms with van der Waals surface area (Å²) in [5.41, 5.74) is -0.477. The quantitative estimate of drug-likeness (QED) is 0.634. The zero-order valence-corrected chi connectivity index (χ0v) is 16.1. The molecule has 1 saturated heterocycles. The number of aromatic nitrogens is 5. The van der Waals surface area contributed by atoms with Gasteiger partial charge in [0.25, 0.3) is 5.91 Å². The van der Waals surface area contributed by atoms with E-state index in [1.165, 1.54) is 35.4 Å². The second kappa shape index (κ2) is 8.28. The van der Waals surface area contributed by atoms with Gasteiger partial charge in [-0.2, -0.15) is 28.2 Å². The van der Waals surface area contributed by atoms with Crippen molar-refractivity contribution in [2.75, 3.05) is 18.4 Å². The van der Waals surface area contributed by atoms with Crippen LogP contribution in [0.2, 0.25) is 0 Å². The average Bonchev–Trinajstić information content (AvgIpc) is 3.28. The topological polar surface area (TPSA) is 88.8 Å². The first kappa shape index (κ1) is 20.7. The van der Waals surface area contributed by atoms with Gasteiger partial charge in [-0.3, -0.25) is 4.79 Å². The fourth-order valence-electron chi connectivity index (χ4n) is 3.37.